The second-order valence-electron chi connectivity index (χ2n) is 5.26. The molecule has 0 unspecified atom stereocenters. The van der Waals surface area contributed by atoms with Crippen LogP contribution < -0.4 is 4.72 Å². The van der Waals surface area contributed by atoms with Gasteiger partial charge in [-0.15, -0.1) is 0 Å². The van der Waals surface area contributed by atoms with Crippen molar-refractivity contribution >= 4 is 27.7 Å². The number of nitrogens with one attached hydrogen (secondary N) is 1. The fourth-order valence-electron chi connectivity index (χ4n) is 2.54. The van der Waals surface area contributed by atoms with E-state index < -0.39 is 10.0 Å². The van der Waals surface area contributed by atoms with Crippen molar-refractivity contribution in [3.05, 3.63) is 75.1 Å². The molecule has 0 radical (unpaired) electrons. The maximum atomic E-state index is 12.4. The Bertz CT molecular complexity index is 828. The van der Waals surface area contributed by atoms with Gasteiger partial charge in [0.05, 0.1) is 4.91 Å². The van der Waals surface area contributed by atoms with E-state index >= 15 is 0 Å². The van der Waals surface area contributed by atoms with Gasteiger partial charge >= 0.3 is 0 Å². The second-order valence-corrected chi connectivity index (χ2v) is 7.52. The van der Waals surface area contributed by atoms with Crippen molar-refractivity contribution in [2.24, 2.45) is 0 Å². The van der Waals surface area contributed by atoms with E-state index in [-0.39, 0.29) is 6.54 Å². The molecule has 1 aliphatic rings. The summed E-state index contributed by atoms with van der Waals surface area (Å²) < 4.78 is 27.5. The quantitative estimate of drug-likeness (QED) is 0.926. The van der Waals surface area contributed by atoms with Gasteiger partial charge in [-0.05, 0) is 47.7 Å². The Labute approximate surface area is 135 Å². The van der Waals surface area contributed by atoms with Gasteiger partial charge in [0.2, 0.25) is 10.0 Å². The van der Waals surface area contributed by atoms with Gasteiger partial charge in [0.25, 0.3) is 0 Å². The zero-order valence-electron chi connectivity index (χ0n) is 11.9. The van der Waals surface area contributed by atoms with Gasteiger partial charge in [-0.2, -0.15) is 0 Å². The average molecular weight is 334 g/mol. The van der Waals surface area contributed by atoms with Gasteiger partial charge in [-0.25, -0.2) is 13.1 Å². The fourth-order valence-corrected chi connectivity index (χ4v) is 3.94. The summed E-state index contributed by atoms with van der Waals surface area (Å²) in [7, 11) is -3.47. The van der Waals surface area contributed by atoms with E-state index in [0.29, 0.717) is 16.3 Å². The molecule has 0 fully saturated rings. The Morgan fingerprint density at radius 3 is 2.68 bits per heavy atom. The van der Waals surface area contributed by atoms with Gasteiger partial charge in [0.1, 0.15) is 0 Å². The summed E-state index contributed by atoms with van der Waals surface area (Å²) >= 11 is 5.91. The minimum atomic E-state index is -3.47. The highest BCUT2D eigenvalue weighted by molar-refractivity contribution is 7.93. The molecule has 0 amide bonds. The Morgan fingerprint density at radius 1 is 1.05 bits per heavy atom. The summed E-state index contributed by atoms with van der Waals surface area (Å²) in [6.45, 7) is 0.238. The number of halogens is 1. The zero-order valence-corrected chi connectivity index (χ0v) is 13.5. The highest BCUT2D eigenvalue weighted by Crippen LogP contribution is 2.26. The predicted octanol–water partition coefficient (Wildman–Crippen LogP) is 3.75. The molecule has 2 aromatic carbocycles. The second kappa shape index (κ2) is 6.24. The summed E-state index contributed by atoms with van der Waals surface area (Å²) in [5.41, 5.74) is 3.01. The molecule has 0 aliphatic heterocycles. The normalized spacial score (nSPS) is 14.3. The minimum absolute atomic E-state index is 0.238. The molecular formula is C17H16ClNO2S. The standard InChI is InChI=1S/C17H16ClNO2S/c18-16-7-3-4-13(10-16)12-19-22(20,21)17-9-8-14-5-1-2-6-15(14)11-17/h1-7,10-11,19H,8-9,12H2. The van der Waals surface area contributed by atoms with Crippen LogP contribution in [0.1, 0.15) is 23.1 Å². The van der Waals surface area contributed by atoms with E-state index in [0.717, 1.165) is 17.5 Å². The van der Waals surface area contributed by atoms with E-state index in [1.807, 2.05) is 36.4 Å². The summed E-state index contributed by atoms with van der Waals surface area (Å²) in [5.74, 6) is 0. The molecule has 22 heavy (non-hydrogen) atoms. The van der Waals surface area contributed by atoms with E-state index in [1.165, 1.54) is 5.56 Å². The van der Waals surface area contributed by atoms with E-state index in [2.05, 4.69) is 4.72 Å². The molecule has 0 atom stereocenters. The third kappa shape index (κ3) is 3.40. The maximum Gasteiger partial charge on any atom is 0.237 e. The van der Waals surface area contributed by atoms with Gasteiger partial charge in [0.15, 0.2) is 0 Å². The Hall–Kier alpha value is -1.62. The van der Waals surface area contributed by atoms with Crippen LogP contribution in [0.4, 0.5) is 0 Å². The smallest absolute Gasteiger partial charge is 0.207 e. The third-order valence-electron chi connectivity index (χ3n) is 3.71. The van der Waals surface area contributed by atoms with Crippen molar-refractivity contribution in [1.82, 2.24) is 4.72 Å². The van der Waals surface area contributed by atoms with Crippen LogP contribution in [-0.2, 0) is 23.0 Å². The maximum absolute atomic E-state index is 12.4. The first-order valence-corrected chi connectivity index (χ1v) is 8.93. The molecule has 1 N–H and O–H groups in total. The average Bonchev–Trinajstić information content (AvgIpc) is 2.53. The van der Waals surface area contributed by atoms with Crippen LogP contribution in [0, 0.1) is 0 Å². The number of benzene rings is 2. The van der Waals surface area contributed by atoms with Crippen LogP contribution in [-0.4, -0.2) is 8.42 Å². The number of sulfonamides is 1. The number of rotatable bonds is 4. The lowest BCUT2D eigenvalue weighted by Gasteiger charge is -2.17. The molecule has 3 rings (SSSR count). The molecule has 0 aromatic heterocycles. The molecule has 5 heteroatoms. The molecule has 0 saturated heterocycles. The van der Waals surface area contributed by atoms with Crippen LogP contribution in [0.15, 0.2) is 53.4 Å². The fraction of sp³-hybridized carbons (Fsp3) is 0.176. The first-order valence-electron chi connectivity index (χ1n) is 7.07. The van der Waals surface area contributed by atoms with Crippen LogP contribution >= 0.6 is 11.6 Å². The largest absolute Gasteiger partial charge is 0.237 e. The van der Waals surface area contributed by atoms with Gasteiger partial charge in [-0.3, -0.25) is 0 Å². The molecule has 0 spiro atoms. The van der Waals surface area contributed by atoms with Crippen LogP contribution in [0.5, 0.6) is 0 Å². The highest BCUT2D eigenvalue weighted by Gasteiger charge is 2.21. The SMILES string of the molecule is O=S(=O)(NCc1cccc(Cl)c1)C1=Cc2ccccc2CC1. The van der Waals surface area contributed by atoms with Crippen molar-refractivity contribution < 1.29 is 8.42 Å². The first kappa shape index (κ1) is 15.3. The monoisotopic (exact) mass is 333 g/mol. The van der Waals surface area contributed by atoms with Gasteiger partial charge in [-0.1, -0.05) is 48.0 Å². The lowest BCUT2D eigenvalue weighted by atomic mass is 9.98. The number of hydrogen-bond acceptors (Lipinski definition) is 2. The molecule has 0 heterocycles. The molecule has 3 nitrogen and oxygen atoms in total. The summed E-state index contributed by atoms with van der Waals surface area (Å²) in [6.07, 6.45) is 3.04. The lowest BCUT2D eigenvalue weighted by molar-refractivity contribution is 0.585. The van der Waals surface area contributed by atoms with Crippen LogP contribution in [0.2, 0.25) is 5.02 Å². The van der Waals surface area contributed by atoms with Crippen molar-refractivity contribution in [2.75, 3.05) is 0 Å². The lowest BCUT2D eigenvalue weighted by Crippen LogP contribution is -2.25. The topological polar surface area (TPSA) is 46.2 Å². The molecular weight excluding hydrogens is 318 g/mol. The Morgan fingerprint density at radius 2 is 1.86 bits per heavy atom. The molecule has 0 bridgehead atoms. The summed E-state index contributed by atoms with van der Waals surface area (Å²) in [4.78, 5) is 0.438. The van der Waals surface area contributed by atoms with Crippen molar-refractivity contribution in [2.45, 2.75) is 19.4 Å². The van der Waals surface area contributed by atoms with E-state index in [4.69, 9.17) is 11.6 Å². The van der Waals surface area contributed by atoms with Crippen molar-refractivity contribution in [3.63, 3.8) is 0 Å². The Kier molecular flexibility index (Phi) is 4.34. The molecule has 114 valence electrons. The molecule has 2 aromatic rings. The predicted molar refractivity (Wildman–Crippen MR) is 90.0 cm³/mol. The third-order valence-corrected chi connectivity index (χ3v) is 5.48. The Balaban J connectivity index is 1.78. The van der Waals surface area contributed by atoms with E-state index in [1.54, 1.807) is 18.2 Å². The molecule has 0 saturated carbocycles. The number of aryl methyl sites for hydroxylation is 1. The minimum Gasteiger partial charge on any atom is -0.207 e. The summed E-state index contributed by atoms with van der Waals surface area (Å²) in [6, 6.07) is 15.1. The van der Waals surface area contributed by atoms with Crippen molar-refractivity contribution in [1.29, 1.82) is 0 Å². The first-order chi connectivity index (χ1) is 10.5. The number of allylic oxidation sites excluding steroid dienone is 1. The molecule has 1 aliphatic carbocycles. The van der Waals surface area contributed by atoms with Gasteiger partial charge < -0.3 is 0 Å². The zero-order chi connectivity index (χ0) is 15.6. The van der Waals surface area contributed by atoms with Gasteiger partial charge in [0, 0.05) is 11.6 Å². The highest BCUT2D eigenvalue weighted by atomic mass is 35.5. The van der Waals surface area contributed by atoms with Crippen LogP contribution in [0.3, 0.4) is 0 Å². The summed E-state index contributed by atoms with van der Waals surface area (Å²) in [5, 5.41) is 0.600. The van der Waals surface area contributed by atoms with Crippen LogP contribution in [0.25, 0.3) is 6.08 Å². The number of fused-ring (bicyclic) bond motifs is 1. The number of hydrogen-bond donors (Lipinski definition) is 1. The van der Waals surface area contributed by atoms with E-state index in [9.17, 15) is 8.42 Å². The van der Waals surface area contributed by atoms with Crippen molar-refractivity contribution in [3.8, 4) is 0 Å².